The predicted molar refractivity (Wildman–Crippen MR) is 95.7 cm³/mol. The summed E-state index contributed by atoms with van der Waals surface area (Å²) in [6.07, 6.45) is 2.38. The first-order valence-electron chi connectivity index (χ1n) is 8.12. The third-order valence-electron chi connectivity index (χ3n) is 4.36. The van der Waals surface area contributed by atoms with Crippen LogP contribution in [-0.2, 0) is 10.0 Å². The van der Waals surface area contributed by atoms with E-state index in [-0.39, 0.29) is 10.7 Å². The standard InChI is InChI=1S/C17H21FN4O2S/c1-19-25(23,24)16-6-7-17(21-11-16)20-10-13-8-9-22(12-13)15-4-2-14(18)3-5-15/h2-7,11,13,19H,8-10,12H2,1H3,(H,20,21). The molecule has 2 N–H and O–H groups in total. The van der Waals surface area contributed by atoms with Gasteiger partial charge in [0.25, 0.3) is 0 Å². The lowest BCUT2D eigenvalue weighted by Crippen LogP contribution is -2.22. The number of hydrogen-bond acceptors (Lipinski definition) is 5. The number of aromatic nitrogens is 1. The van der Waals surface area contributed by atoms with Crippen molar-refractivity contribution in [3.63, 3.8) is 0 Å². The zero-order valence-electron chi connectivity index (χ0n) is 13.9. The molecule has 0 saturated carbocycles. The Morgan fingerprint density at radius 1 is 1.24 bits per heavy atom. The average Bonchev–Trinajstić information content (AvgIpc) is 3.10. The predicted octanol–water partition coefficient (Wildman–Crippen LogP) is 2.07. The van der Waals surface area contributed by atoms with Crippen LogP contribution in [-0.4, -0.2) is 40.1 Å². The van der Waals surface area contributed by atoms with Crippen LogP contribution in [0.15, 0.2) is 47.5 Å². The minimum Gasteiger partial charge on any atom is -0.371 e. The van der Waals surface area contributed by atoms with Crippen molar-refractivity contribution in [1.82, 2.24) is 9.71 Å². The van der Waals surface area contributed by atoms with Crippen molar-refractivity contribution in [2.45, 2.75) is 11.3 Å². The Hall–Kier alpha value is -2.19. The van der Waals surface area contributed by atoms with Gasteiger partial charge in [0.1, 0.15) is 16.5 Å². The van der Waals surface area contributed by atoms with Crippen molar-refractivity contribution >= 4 is 21.5 Å². The van der Waals surface area contributed by atoms with Gasteiger partial charge < -0.3 is 10.2 Å². The largest absolute Gasteiger partial charge is 0.371 e. The van der Waals surface area contributed by atoms with E-state index < -0.39 is 10.0 Å². The number of nitrogens with one attached hydrogen (secondary N) is 2. The molecule has 2 aromatic rings. The van der Waals surface area contributed by atoms with E-state index in [1.165, 1.54) is 31.4 Å². The van der Waals surface area contributed by atoms with Crippen molar-refractivity contribution in [1.29, 1.82) is 0 Å². The fourth-order valence-electron chi connectivity index (χ4n) is 2.90. The summed E-state index contributed by atoms with van der Waals surface area (Å²) in [6, 6.07) is 9.75. The molecule has 0 spiro atoms. The molecule has 1 atom stereocenters. The molecular weight excluding hydrogens is 343 g/mol. The summed E-state index contributed by atoms with van der Waals surface area (Å²) in [7, 11) is -2.09. The lowest BCUT2D eigenvalue weighted by atomic mass is 10.1. The van der Waals surface area contributed by atoms with Crippen molar-refractivity contribution in [2.24, 2.45) is 5.92 Å². The fraction of sp³-hybridized carbons (Fsp3) is 0.353. The van der Waals surface area contributed by atoms with E-state index in [1.54, 1.807) is 18.2 Å². The van der Waals surface area contributed by atoms with E-state index in [2.05, 4.69) is 19.9 Å². The second kappa shape index (κ2) is 7.37. The van der Waals surface area contributed by atoms with E-state index in [0.717, 1.165) is 31.7 Å². The maximum atomic E-state index is 13.0. The summed E-state index contributed by atoms with van der Waals surface area (Å²) in [5, 5.41) is 3.25. The first-order chi connectivity index (χ1) is 12.0. The van der Waals surface area contributed by atoms with Crippen molar-refractivity contribution < 1.29 is 12.8 Å². The highest BCUT2D eigenvalue weighted by atomic mass is 32.2. The van der Waals surface area contributed by atoms with Crippen LogP contribution in [0.2, 0.25) is 0 Å². The molecule has 6 nitrogen and oxygen atoms in total. The number of anilines is 2. The molecule has 25 heavy (non-hydrogen) atoms. The number of pyridine rings is 1. The third kappa shape index (κ3) is 4.26. The normalized spacial score (nSPS) is 17.7. The molecule has 1 aliphatic rings. The van der Waals surface area contributed by atoms with Gasteiger partial charge in [0, 0.05) is 31.5 Å². The van der Waals surface area contributed by atoms with E-state index in [4.69, 9.17) is 0 Å². The zero-order chi connectivity index (χ0) is 17.9. The smallest absolute Gasteiger partial charge is 0.241 e. The van der Waals surface area contributed by atoms with Crippen molar-refractivity contribution in [3.8, 4) is 0 Å². The molecule has 0 aliphatic carbocycles. The first kappa shape index (κ1) is 17.6. The average molecular weight is 364 g/mol. The van der Waals surface area contributed by atoms with Gasteiger partial charge in [-0.2, -0.15) is 0 Å². The maximum absolute atomic E-state index is 13.0. The van der Waals surface area contributed by atoms with Crippen LogP contribution in [0.25, 0.3) is 0 Å². The lowest BCUT2D eigenvalue weighted by Gasteiger charge is -2.19. The fourth-order valence-corrected chi connectivity index (χ4v) is 3.57. The van der Waals surface area contributed by atoms with Gasteiger partial charge >= 0.3 is 0 Å². The molecule has 1 saturated heterocycles. The lowest BCUT2D eigenvalue weighted by molar-refractivity contribution is 0.587. The third-order valence-corrected chi connectivity index (χ3v) is 5.76. The quantitative estimate of drug-likeness (QED) is 0.821. The highest BCUT2D eigenvalue weighted by Crippen LogP contribution is 2.24. The van der Waals surface area contributed by atoms with Gasteiger partial charge in [-0.25, -0.2) is 22.5 Å². The van der Waals surface area contributed by atoms with Gasteiger partial charge in [0.2, 0.25) is 10.0 Å². The van der Waals surface area contributed by atoms with Crippen LogP contribution >= 0.6 is 0 Å². The van der Waals surface area contributed by atoms with Crippen LogP contribution in [0, 0.1) is 11.7 Å². The van der Waals surface area contributed by atoms with Crippen LogP contribution in [0.1, 0.15) is 6.42 Å². The van der Waals surface area contributed by atoms with E-state index in [0.29, 0.717) is 11.7 Å². The molecule has 0 bridgehead atoms. The van der Waals surface area contributed by atoms with Crippen molar-refractivity contribution in [3.05, 3.63) is 48.4 Å². The monoisotopic (exact) mass is 364 g/mol. The molecule has 0 radical (unpaired) electrons. The van der Waals surface area contributed by atoms with Gasteiger partial charge in [0.05, 0.1) is 0 Å². The number of hydrogen-bond donors (Lipinski definition) is 2. The molecule has 3 rings (SSSR count). The van der Waals surface area contributed by atoms with Gasteiger partial charge in [0.15, 0.2) is 0 Å². The Labute approximate surface area is 147 Å². The molecule has 1 fully saturated rings. The van der Waals surface area contributed by atoms with Gasteiger partial charge in [-0.3, -0.25) is 0 Å². The molecule has 0 amide bonds. The number of nitrogens with zero attached hydrogens (tertiary/aromatic N) is 2. The van der Waals surface area contributed by atoms with Gasteiger partial charge in [-0.1, -0.05) is 0 Å². The van der Waals surface area contributed by atoms with Gasteiger partial charge in [-0.15, -0.1) is 0 Å². The van der Waals surface area contributed by atoms with E-state index in [1.807, 2.05) is 0 Å². The zero-order valence-corrected chi connectivity index (χ0v) is 14.8. The second-order valence-corrected chi connectivity index (χ2v) is 7.93. The number of halogens is 1. The molecule has 1 aliphatic heterocycles. The summed E-state index contributed by atoms with van der Waals surface area (Å²) in [5.41, 5.74) is 1.03. The summed E-state index contributed by atoms with van der Waals surface area (Å²) < 4.78 is 38.6. The Bertz CT molecular complexity index is 810. The molecule has 1 unspecified atom stereocenters. The van der Waals surface area contributed by atoms with Crippen molar-refractivity contribution in [2.75, 3.05) is 36.9 Å². The molecular formula is C17H21FN4O2S. The van der Waals surface area contributed by atoms with Crippen LogP contribution < -0.4 is 14.9 Å². The number of rotatable bonds is 6. The number of benzene rings is 1. The molecule has 8 heteroatoms. The highest BCUT2D eigenvalue weighted by Gasteiger charge is 2.22. The number of sulfonamides is 1. The SMILES string of the molecule is CNS(=O)(=O)c1ccc(NCC2CCN(c3ccc(F)cc3)C2)nc1. The Balaban J connectivity index is 1.53. The Morgan fingerprint density at radius 3 is 2.64 bits per heavy atom. The summed E-state index contributed by atoms with van der Waals surface area (Å²) in [6.45, 7) is 2.58. The minimum absolute atomic E-state index is 0.143. The highest BCUT2D eigenvalue weighted by molar-refractivity contribution is 7.89. The van der Waals surface area contributed by atoms with Gasteiger partial charge in [-0.05, 0) is 55.8 Å². The molecule has 1 aromatic heterocycles. The van der Waals surface area contributed by atoms with Crippen LogP contribution in [0.3, 0.4) is 0 Å². The topological polar surface area (TPSA) is 74.3 Å². The van der Waals surface area contributed by atoms with E-state index >= 15 is 0 Å². The summed E-state index contributed by atoms with van der Waals surface area (Å²) in [5.74, 6) is 0.874. The first-order valence-corrected chi connectivity index (χ1v) is 9.60. The van der Waals surface area contributed by atoms with Crippen LogP contribution in [0.4, 0.5) is 15.9 Å². The second-order valence-electron chi connectivity index (χ2n) is 6.04. The summed E-state index contributed by atoms with van der Waals surface area (Å²) >= 11 is 0. The maximum Gasteiger partial charge on any atom is 0.241 e. The Morgan fingerprint density at radius 2 is 2.00 bits per heavy atom. The minimum atomic E-state index is -3.46. The summed E-state index contributed by atoms with van der Waals surface area (Å²) in [4.78, 5) is 6.54. The molecule has 2 heterocycles. The molecule has 134 valence electrons. The Kier molecular flexibility index (Phi) is 5.19. The van der Waals surface area contributed by atoms with E-state index in [9.17, 15) is 12.8 Å². The molecule has 1 aromatic carbocycles. The van der Waals surface area contributed by atoms with Crippen LogP contribution in [0.5, 0.6) is 0 Å².